The van der Waals surface area contributed by atoms with Gasteiger partial charge in [0.25, 0.3) is 5.56 Å². The van der Waals surface area contributed by atoms with E-state index < -0.39 is 12.0 Å². The van der Waals surface area contributed by atoms with Crippen LogP contribution in [0.15, 0.2) is 68.0 Å². The Morgan fingerprint density at radius 3 is 2.65 bits per heavy atom. The lowest BCUT2D eigenvalue weighted by Crippen LogP contribution is -2.40. The number of para-hydroxylation sites is 1. The van der Waals surface area contributed by atoms with Crippen LogP contribution in [0.3, 0.4) is 0 Å². The minimum absolute atomic E-state index is 0.199. The minimum Gasteiger partial charge on any atom is -0.493 e. The van der Waals surface area contributed by atoms with Crippen molar-refractivity contribution in [3.63, 3.8) is 0 Å². The molecule has 2 heterocycles. The molecule has 0 N–H and O–H groups in total. The van der Waals surface area contributed by atoms with E-state index in [1.807, 2.05) is 36.4 Å². The van der Waals surface area contributed by atoms with Crippen molar-refractivity contribution >= 4 is 39.3 Å². The van der Waals surface area contributed by atoms with Crippen LogP contribution in [-0.4, -0.2) is 31.4 Å². The number of hydrogen-bond acceptors (Lipinski definition) is 7. The maximum atomic E-state index is 13.7. The molecule has 1 aromatic heterocycles. The van der Waals surface area contributed by atoms with Crippen LogP contribution in [0.5, 0.6) is 11.5 Å². The standard InChI is InChI=1S/C25H23BrN2O5S/c1-5-33-24(30)20-14(2)27-25-28(21(20)17-10-7-11-18(31-3)22(17)32-4)23(29)19(34-25)13-15-8-6-9-16(26)12-15/h6-13,21H,5H2,1-4H3. The summed E-state index contributed by atoms with van der Waals surface area (Å²) in [5.41, 5.74) is 2.00. The van der Waals surface area contributed by atoms with E-state index in [-0.39, 0.29) is 17.7 Å². The van der Waals surface area contributed by atoms with Gasteiger partial charge in [-0.2, -0.15) is 0 Å². The van der Waals surface area contributed by atoms with Gasteiger partial charge in [0, 0.05) is 10.0 Å². The molecule has 3 aromatic rings. The van der Waals surface area contributed by atoms with Gasteiger partial charge in [-0.05, 0) is 43.7 Å². The van der Waals surface area contributed by atoms with E-state index in [0.29, 0.717) is 32.1 Å². The average Bonchev–Trinajstić information content (AvgIpc) is 3.12. The Morgan fingerprint density at radius 2 is 1.97 bits per heavy atom. The molecule has 0 saturated carbocycles. The maximum Gasteiger partial charge on any atom is 0.338 e. The zero-order valence-corrected chi connectivity index (χ0v) is 21.5. The first-order valence-electron chi connectivity index (χ1n) is 10.6. The number of benzene rings is 2. The van der Waals surface area contributed by atoms with Gasteiger partial charge in [0.1, 0.15) is 6.04 Å². The van der Waals surface area contributed by atoms with E-state index in [1.165, 1.54) is 23.0 Å². The van der Waals surface area contributed by atoms with E-state index in [0.717, 1.165) is 10.0 Å². The van der Waals surface area contributed by atoms with Crippen LogP contribution in [0.4, 0.5) is 0 Å². The van der Waals surface area contributed by atoms with Crippen molar-refractivity contribution in [2.24, 2.45) is 4.99 Å². The fraction of sp³-hybridized carbons (Fsp3) is 0.240. The van der Waals surface area contributed by atoms with Crippen LogP contribution in [0, 0.1) is 0 Å². The molecule has 1 aliphatic rings. The molecule has 4 rings (SSSR count). The number of carbonyl (C=O) groups is 1. The van der Waals surface area contributed by atoms with Crippen molar-refractivity contribution in [3.8, 4) is 11.5 Å². The first-order chi connectivity index (χ1) is 16.4. The van der Waals surface area contributed by atoms with Crippen molar-refractivity contribution in [3.05, 3.63) is 89.0 Å². The molecule has 0 radical (unpaired) electrons. The van der Waals surface area contributed by atoms with Gasteiger partial charge in [0.15, 0.2) is 16.3 Å². The minimum atomic E-state index is -0.787. The summed E-state index contributed by atoms with van der Waals surface area (Å²) in [6.07, 6.45) is 1.82. The van der Waals surface area contributed by atoms with E-state index in [4.69, 9.17) is 14.2 Å². The topological polar surface area (TPSA) is 79.1 Å². The largest absolute Gasteiger partial charge is 0.493 e. The molecule has 0 bridgehead atoms. The Morgan fingerprint density at radius 1 is 1.21 bits per heavy atom. The SMILES string of the molecule is CCOC(=O)C1=C(C)N=c2sc(=Cc3cccc(Br)c3)c(=O)n2C1c1cccc(OC)c1OC. The van der Waals surface area contributed by atoms with Gasteiger partial charge in [-0.25, -0.2) is 9.79 Å². The lowest BCUT2D eigenvalue weighted by atomic mass is 9.94. The highest BCUT2D eigenvalue weighted by molar-refractivity contribution is 9.10. The van der Waals surface area contributed by atoms with Gasteiger partial charge < -0.3 is 14.2 Å². The van der Waals surface area contributed by atoms with Crippen LogP contribution in [-0.2, 0) is 9.53 Å². The molecule has 0 amide bonds. The Balaban J connectivity index is 2.02. The van der Waals surface area contributed by atoms with Gasteiger partial charge in [-0.3, -0.25) is 9.36 Å². The molecule has 7 nitrogen and oxygen atoms in total. The molecule has 2 aromatic carbocycles. The normalized spacial score (nSPS) is 15.6. The second kappa shape index (κ2) is 9.99. The van der Waals surface area contributed by atoms with Gasteiger partial charge in [-0.15, -0.1) is 0 Å². The van der Waals surface area contributed by atoms with Crippen molar-refractivity contribution < 1.29 is 19.0 Å². The number of esters is 1. The summed E-state index contributed by atoms with van der Waals surface area (Å²) in [6, 6.07) is 12.3. The Kier molecular flexibility index (Phi) is 7.04. The highest BCUT2D eigenvalue weighted by Gasteiger charge is 2.35. The number of allylic oxidation sites excluding steroid dienone is 1. The molecule has 0 saturated heterocycles. The third-order valence-corrected chi connectivity index (χ3v) is 6.87. The van der Waals surface area contributed by atoms with Gasteiger partial charge in [-0.1, -0.05) is 51.5 Å². The molecule has 0 aliphatic carbocycles. The number of thiazole rings is 1. The summed E-state index contributed by atoms with van der Waals surface area (Å²) in [4.78, 5) is 31.9. The molecule has 176 valence electrons. The molecule has 0 fully saturated rings. The number of carbonyl (C=O) groups excluding carboxylic acids is 1. The second-order valence-corrected chi connectivity index (χ2v) is 9.36. The zero-order valence-electron chi connectivity index (χ0n) is 19.1. The predicted molar refractivity (Wildman–Crippen MR) is 134 cm³/mol. The molecule has 1 unspecified atom stereocenters. The summed E-state index contributed by atoms with van der Waals surface area (Å²) >= 11 is 4.73. The van der Waals surface area contributed by atoms with E-state index in [1.54, 1.807) is 33.1 Å². The summed E-state index contributed by atoms with van der Waals surface area (Å²) in [7, 11) is 3.07. The molecule has 34 heavy (non-hydrogen) atoms. The number of rotatable bonds is 6. The molecule has 1 atom stereocenters. The summed E-state index contributed by atoms with van der Waals surface area (Å²) in [6.45, 7) is 3.68. The van der Waals surface area contributed by atoms with Crippen molar-refractivity contribution in [2.75, 3.05) is 20.8 Å². The van der Waals surface area contributed by atoms with Crippen LogP contribution in [0.25, 0.3) is 6.08 Å². The first kappa shape index (κ1) is 24.0. The van der Waals surface area contributed by atoms with E-state index in [9.17, 15) is 9.59 Å². The second-order valence-electron chi connectivity index (χ2n) is 7.44. The quantitative estimate of drug-likeness (QED) is 0.445. The van der Waals surface area contributed by atoms with Gasteiger partial charge in [0.2, 0.25) is 0 Å². The molecule has 1 aliphatic heterocycles. The van der Waals surface area contributed by atoms with Crippen LogP contribution >= 0.6 is 27.3 Å². The molecular weight excluding hydrogens is 520 g/mol. The third kappa shape index (κ3) is 4.33. The summed E-state index contributed by atoms with van der Waals surface area (Å²) in [5, 5.41) is 0. The van der Waals surface area contributed by atoms with Crippen LogP contribution in [0.2, 0.25) is 0 Å². The highest BCUT2D eigenvalue weighted by Crippen LogP contribution is 2.40. The number of nitrogens with zero attached hydrogens (tertiary/aromatic N) is 2. The van der Waals surface area contributed by atoms with Crippen molar-refractivity contribution in [1.29, 1.82) is 0 Å². The number of ether oxygens (including phenoxy) is 3. The number of hydrogen-bond donors (Lipinski definition) is 0. The highest BCUT2D eigenvalue weighted by atomic mass is 79.9. The number of fused-ring (bicyclic) bond motifs is 1. The fourth-order valence-corrected chi connectivity index (χ4v) is 5.42. The smallest absolute Gasteiger partial charge is 0.338 e. The van der Waals surface area contributed by atoms with Crippen LogP contribution < -0.4 is 24.4 Å². The molecule has 9 heteroatoms. The summed E-state index contributed by atoms with van der Waals surface area (Å²) in [5.74, 6) is 0.405. The zero-order chi connectivity index (χ0) is 24.4. The molecular formula is C25H23BrN2O5S. The maximum absolute atomic E-state index is 13.7. The Labute approximate surface area is 208 Å². The lowest BCUT2D eigenvalue weighted by Gasteiger charge is -2.26. The lowest BCUT2D eigenvalue weighted by molar-refractivity contribution is -0.139. The van der Waals surface area contributed by atoms with Crippen molar-refractivity contribution in [1.82, 2.24) is 4.57 Å². The van der Waals surface area contributed by atoms with E-state index in [2.05, 4.69) is 20.9 Å². The van der Waals surface area contributed by atoms with E-state index >= 15 is 0 Å². The number of methoxy groups -OCH3 is 2. The molecule has 0 spiro atoms. The fourth-order valence-electron chi connectivity index (χ4n) is 3.96. The van der Waals surface area contributed by atoms with Crippen molar-refractivity contribution in [2.45, 2.75) is 19.9 Å². The Hall–Kier alpha value is -3.17. The predicted octanol–water partition coefficient (Wildman–Crippen LogP) is 3.58. The average molecular weight is 543 g/mol. The third-order valence-electron chi connectivity index (χ3n) is 5.39. The Bertz CT molecular complexity index is 1470. The van der Waals surface area contributed by atoms with Crippen LogP contribution in [0.1, 0.15) is 31.0 Å². The number of halogens is 1. The van der Waals surface area contributed by atoms with Gasteiger partial charge in [0.05, 0.1) is 36.6 Å². The number of aromatic nitrogens is 1. The monoisotopic (exact) mass is 542 g/mol. The first-order valence-corrected chi connectivity index (χ1v) is 12.2. The van der Waals surface area contributed by atoms with Gasteiger partial charge >= 0.3 is 5.97 Å². The summed E-state index contributed by atoms with van der Waals surface area (Å²) < 4.78 is 19.4.